The van der Waals surface area contributed by atoms with Gasteiger partial charge in [0.2, 0.25) is 0 Å². The molecule has 0 aliphatic carbocycles. The average molecular weight is 249 g/mol. The molecule has 0 saturated heterocycles. The van der Waals surface area contributed by atoms with Crippen LogP contribution in [0.5, 0.6) is 0 Å². The number of rotatable bonds is 8. The SMILES string of the molecule is CCCCNC(C)(CCc1ccccc1)C(=O)O. The van der Waals surface area contributed by atoms with Crippen molar-refractivity contribution >= 4 is 5.97 Å². The Bertz CT molecular complexity index is 364. The average Bonchev–Trinajstić information content (AvgIpc) is 2.38. The van der Waals surface area contributed by atoms with Gasteiger partial charge in [-0.25, -0.2) is 0 Å². The van der Waals surface area contributed by atoms with E-state index >= 15 is 0 Å². The number of aryl methyl sites for hydroxylation is 1. The normalized spacial score (nSPS) is 14.1. The van der Waals surface area contributed by atoms with Gasteiger partial charge in [0.05, 0.1) is 0 Å². The molecule has 0 fully saturated rings. The molecule has 0 aliphatic heterocycles. The van der Waals surface area contributed by atoms with Crippen LogP contribution in [0, 0.1) is 0 Å². The zero-order chi connectivity index (χ0) is 13.4. The Kier molecular flexibility index (Phi) is 5.86. The standard InChI is InChI=1S/C15H23NO2/c1-3-4-12-16-15(2,14(17)18)11-10-13-8-6-5-7-9-13/h5-9,16H,3-4,10-12H2,1-2H3,(H,17,18). The van der Waals surface area contributed by atoms with Crippen LogP contribution in [0.25, 0.3) is 0 Å². The first-order valence-electron chi connectivity index (χ1n) is 6.61. The van der Waals surface area contributed by atoms with Crippen molar-refractivity contribution in [3.63, 3.8) is 0 Å². The molecule has 1 aromatic carbocycles. The molecular formula is C15H23NO2. The van der Waals surface area contributed by atoms with Crippen LogP contribution in [0.15, 0.2) is 30.3 Å². The molecule has 2 N–H and O–H groups in total. The molecule has 0 radical (unpaired) electrons. The number of nitrogens with one attached hydrogen (secondary N) is 1. The molecule has 0 aliphatic rings. The summed E-state index contributed by atoms with van der Waals surface area (Å²) in [6.07, 6.45) is 3.47. The van der Waals surface area contributed by atoms with Gasteiger partial charge in [0.15, 0.2) is 0 Å². The summed E-state index contributed by atoms with van der Waals surface area (Å²) in [5.41, 5.74) is 0.354. The van der Waals surface area contributed by atoms with Gasteiger partial charge < -0.3 is 10.4 Å². The van der Waals surface area contributed by atoms with Crippen molar-refractivity contribution in [2.24, 2.45) is 0 Å². The fourth-order valence-corrected chi connectivity index (χ4v) is 1.85. The maximum absolute atomic E-state index is 11.4. The van der Waals surface area contributed by atoms with E-state index in [0.717, 1.165) is 25.8 Å². The van der Waals surface area contributed by atoms with E-state index in [2.05, 4.69) is 12.2 Å². The minimum Gasteiger partial charge on any atom is -0.480 e. The predicted molar refractivity (Wildman–Crippen MR) is 73.7 cm³/mol. The third-order valence-corrected chi connectivity index (χ3v) is 3.27. The highest BCUT2D eigenvalue weighted by Crippen LogP contribution is 2.15. The van der Waals surface area contributed by atoms with Crippen molar-refractivity contribution in [2.75, 3.05) is 6.54 Å². The van der Waals surface area contributed by atoms with E-state index in [4.69, 9.17) is 0 Å². The molecule has 1 aromatic rings. The highest BCUT2D eigenvalue weighted by molar-refractivity contribution is 5.78. The molecule has 18 heavy (non-hydrogen) atoms. The largest absolute Gasteiger partial charge is 0.480 e. The van der Waals surface area contributed by atoms with Crippen LogP contribution in [-0.2, 0) is 11.2 Å². The molecular weight excluding hydrogens is 226 g/mol. The summed E-state index contributed by atoms with van der Waals surface area (Å²) in [6, 6.07) is 10.0. The van der Waals surface area contributed by atoms with Gasteiger partial charge in [-0.05, 0) is 38.3 Å². The van der Waals surface area contributed by atoms with Crippen LogP contribution in [0.3, 0.4) is 0 Å². The number of hydrogen-bond acceptors (Lipinski definition) is 2. The van der Waals surface area contributed by atoms with E-state index in [9.17, 15) is 9.90 Å². The maximum atomic E-state index is 11.4. The van der Waals surface area contributed by atoms with Crippen LogP contribution >= 0.6 is 0 Å². The predicted octanol–water partition coefficient (Wildman–Crippen LogP) is 2.85. The highest BCUT2D eigenvalue weighted by Gasteiger charge is 2.31. The fourth-order valence-electron chi connectivity index (χ4n) is 1.85. The quantitative estimate of drug-likeness (QED) is 0.696. The van der Waals surface area contributed by atoms with E-state index in [1.165, 1.54) is 5.56 Å². The van der Waals surface area contributed by atoms with Crippen LogP contribution in [0.2, 0.25) is 0 Å². The third-order valence-electron chi connectivity index (χ3n) is 3.27. The fraction of sp³-hybridized carbons (Fsp3) is 0.533. The summed E-state index contributed by atoms with van der Waals surface area (Å²) in [7, 11) is 0. The Morgan fingerprint density at radius 2 is 2.00 bits per heavy atom. The van der Waals surface area contributed by atoms with Crippen molar-refractivity contribution in [1.29, 1.82) is 0 Å². The number of hydrogen-bond donors (Lipinski definition) is 2. The number of benzene rings is 1. The molecule has 0 saturated carbocycles. The van der Waals surface area contributed by atoms with Gasteiger partial charge in [-0.15, -0.1) is 0 Å². The first kappa shape index (κ1) is 14.7. The second kappa shape index (κ2) is 7.17. The zero-order valence-electron chi connectivity index (χ0n) is 11.3. The van der Waals surface area contributed by atoms with Crippen molar-refractivity contribution < 1.29 is 9.90 Å². The molecule has 100 valence electrons. The molecule has 0 bridgehead atoms. The molecule has 0 spiro atoms. The Morgan fingerprint density at radius 3 is 2.56 bits per heavy atom. The van der Waals surface area contributed by atoms with Crippen molar-refractivity contribution in [2.45, 2.75) is 45.1 Å². The van der Waals surface area contributed by atoms with Gasteiger partial charge in [0.25, 0.3) is 0 Å². The molecule has 1 unspecified atom stereocenters. The number of aliphatic carboxylic acids is 1. The smallest absolute Gasteiger partial charge is 0.323 e. The van der Waals surface area contributed by atoms with Crippen molar-refractivity contribution in [1.82, 2.24) is 5.32 Å². The summed E-state index contributed by atoms with van der Waals surface area (Å²) >= 11 is 0. The van der Waals surface area contributed by atoms with E-state index in [1.807, 2.05) is 30.3 Å². The first-order chi connectivity index (χ1) is 8.58. The third kappa shape index (κ3) is 4.49. The number of carboxylic acids is 1. The lowest BCUT2D eigenvalue weighted by atomic mass is 9.93. The van der Waals surface area contributed by atoms with Gasteiger partial charge in [-0.1, -0.05) is 43.7 Å². The Morgan fingerprint density at radius 1 is 1.33 bits per heavy atom. The van der Waals surface area contributed by atoms with Crippen LogP contribution in [0.1, 0.15) is 38.7 Å². The number of carboxylic acid groups (broad SMARTS) is 1. The van der Waals surface area contributed by atoms with Crippen molar-refractivity contribution in [3.05, 3.63) is 35.9 Å². The number of unbranched alkanes of at least 4 members (excludes halogenated alkanes) is 1. The van der Waals surface area contributed by atoms with Gasteiger partial charge in [-0.3, -0.25) is 4.79 Å². The molecule has 0 heterocycles. The summed E-state index contributed by atoms with van der Waals surface area (Å²) in [5.74, 6) is -0.769. The highest BCUT2D eigenvalue weighted by atomic mass is 16.4. The lowest BCUT2D eigenvalue weighted by Gasteiger charge is -2.26. The summed E-state index contributed by atoms with van der Waals surface area (Å²) in [6.45, 7) is 4.63. The maximum Gasteiger partial charge on any atom is 0.323 e. The van der Waals surface area contributed by atoms with Crippen LogP contribution < -0.4 is 5.32 Å². The molecule has 3 heteroatoms. The Labute approximate surface area is 109 Å². The summed E-state index contributed by atoms with van der Waals surface area (Å²) < 4.78 is 0. The minimum atomic E-state index is -0.828. The second-order valence-corrected chi connectivity index (χ2v) is 4.90. The van der Waals surface area contributed by atoms with E-state index in [-0.39, 0.29) is 0 Å². The Hall–Kier alpha value is -1.35. The van der Waals surface area contributed by atoms with Crippen molar-refractivity contribution in [3.8, 4) is 0 Å². The first-order valence-corrected chi connectivity index (χ1v) is 6.61. The van der Waals surface area contributed by atoms with Gasteiger partial charge in [-0.2, -0.15) is 0 Å². The lowest BCUT2D eigenvalue weighted by Crippen LogP contribution is -2.50. The topological polar surface area (TPSA) is 49.3 Å². The monoisotopic (exact) mass is 249 g/mol. The van der Waals surface area contributed by atoms with Gasteiger partial charge in [0, 0.05) is 0 Å². The van der Waals surface area contributed by atoms with Crippen LogP contribution in [-0.4, -0.2) is 23.2 Å². The van der Waals surface area contributed by atoms with Gasteiger partial charge in [0.1, 0.15) is 5.54 Å². The van der Waals surface area contributed by atoms with Crippen LogP contribution in [0.4, 0.5) is 0 Å². The minimum absolute atomic E-state index is 0.607. The molecule has 1 rings (SSSR count). The zero-order valence-corrected chi connectivity index (χ0v) is 11.3. The summed E-state index contributed by atoms with van der Waals surface area (Å²) in [5, 5.41) is 12.5. The summed E-state index contributed by atoms with van der Waals surface area (Å²) in [4.78, 5) is 11.4. The van der Waals surface area contributed by atoms with E-state index in [1.54, 1.807) is 6.92 Å². The molecule has 3 nitrogen and oxygen atoms in total. The second-order valence-electron chi connectivity index (χ2n) is 4.90. The molecule has 0 aromatic heterocycles. The number of carbonyl (C=O) groups is 1. The lowest BCUT2D eigenvalue weighted by molar-refractivity contribution is -0.144. The van der Waals surface area contributed by atoms with E-state index in [0.29, 0.717) is 6.42 Å². The Balaban J connectivity index is 2.54. The molecule has 1 atom stereocenters. The molecule has 0 amide bonds. The van der Waals surface area contributed by atoms with Gasteiger partial charge >= 0.3 is 5.97 Å². The van der Waals surface area contributed by atoms with E-state index < -0.39 is 11.5 Å².